The number of halogens is 1. The Morgan fingerprint density at radius 1 is 1.30 bits per heavy atom. The molecule has 2 heterocycles. The summed E-state index contributed by atoms with van der Waals surface area (Å²) < 4.78 is 19.3. The van der Waals surface area contributed by atoms with Gasteiger partial charge in [0.2, 0.25) is 0 Å². The standard InChI is InChI=1S/C20H18FN3O3/c1-27-12-6-7-18(25)14(10-12)20(26)24-9-8-17-15(11-24)19(23-22-17)13-4-2-3-5-16(13)21/h2-7,10,25H,8-9,11H2,1H3,(H,22,23). The van der Waals surface area contributed by atoms with E-state index in [0.717, 1.165) is 11.3 Å². The Morgan fingerprint density at radius 3 is 2.89 bits per heavy atom. The lowest BCUT2D eigenvalue weighted by Gasteiger charge is -2.27. The lowest BCUT2D eigenvalue weighted by Crippen LogP contribution is -2.36. The molecule has 0 aliphatic carbocycles. The van der Waals surface area contributed by atoms with Crippen LogP contribution >= 0.6 is 0 Å². The number of carbonyl (C=O) groups is 1. The van der Waals surface area contributed by atoms with Gasteiger partial charge in [0.25, 0.3) is 5.91 Å². The van der Waals surface area contributed by atoms with Crippen molar-refractivity contribution < 1.29 is 19.0 Å². The molecule has 1 aliphatic rings. The summed E-state index contributed by atoms with van der Waals surface area (Å²) in [7, 11) is 1.50. The van der Waals surface area contributed by atoms with Gasteiger partial charge in [0, 0.05) is 36.3 Å². The quantitative estimate of drug-likeness (QED) is 0.746. The predicted molar refractivity (Wildman–Crippen MR) is 97.1 cm³/mol. The minimum atomic E-state index is -0.360. The molecule has 1 amide bonds. The van der Waals surface area contributed by atoms with E-state index in [4.69, 9.17) is 4.74 Å². The molecule has 7 heteroatoms. The summed E-state index contributed by atoms with van der Waals surface area (Å²) in [6.45, 7) is 0.756. The van der Waals surface area contributed by atoms with E-state index < -0.39 is 0 Å². The van der Waals surface area contributed by atoms with Gasteiger partial charge in [0.1, 0.15) is 23.0 Å². The lowest BCUT2D eigenvalue weighted by molar-refractivity contribution is 0.0731. The fraction of sp³-hybridized carbons (Fsp3) is 0.200. The summed E-state index contributed by atoms with van der Waals surface area (Å²) in [5.41, 5.74) is 2.77. The molecule has 0 bridgehead atoms. The molecule has 1 aliphatic heterocycles. The van der Waals surface area contributed by atoms with Gasteiger partial charge in [-0.25, -0.2) is 4.39 Å². The number of aromatic amines is 1. The highest BCUT2D eigenvalue weighted by Gasteiger charge is 2.28. The monoisotopic (exact) mass is 367 g/mol. The zero-order valence-corrected chi connectivity index (χ0v) is 14.7. The largest absolute Gasteiger partial charge is 0.507 e. The molecule has 3 aromatic rings. The second-order valence-electron chi connectivity index (χ2n) is 6.37. The number of benzene rings is 2. The first-order valence-electron chi connectivity index (χ1n) is 8.55. The number of aromatic nitrogens is 2. The van der Waals surface area contributed by atoms with Gasteiger partial charge in [-0.2, -0.15) is 5.10 Å². The zero-order chi connectivity index (χ0) is 19.0. The number of hydrogen-bond donors (Lipinski definition) is 2. The molecule has 0 spiro atoms. The topological polar surface area (TPSA) is 78.5 Å². The van der Waals surface area contributed by atoms with Gasteiger partial charge in [0.15, 0.2) is 0 Å². The molecular weight excluding hydrogens is 349 g/mol. The molecule has 0 atom stereocenters. The Morgan fingerprint density at radius 2 is 2.11 bits per heavy atom. The highest BCUT2D eigenvalue weighted by molar-refractivity contribution is 5.97. The van der Waals surface area contributed by atoms with E-state index in [1.54, 1.807) is 29.2 Å². The molecule has 138 valence electrons. The van der Waals surface area contributed by atoms with Gasteiger partial charge < -0.3 is 14.7 Å². The second kappa shape index (κ2) is 6.75. The van der Waals surface area contributed by atoms with Gasteiger partial charge in [-0.1, -0.05) is 12.1 Å². The maximum atomic E-state index is 14.2. The van der Waals surface area contributed by atoms with Crippen molar-refractivity contribution in [2.24, 2.45) is 0 Å². The van der Waals surface area contributed by atoms with Crippen LogP contribution in [0.25, 0.3) is 11.3 Å². The fourth-order valence-corrected chi connectivity index (χ4v) is 3.33. The molecule has 0 fully saturated rings. The number of phenolic OH excluding ortho intramolecular Hbond substituents is 1. The maximum Gasteiger partial charge on any atom is 0.258 e. The molecule has 0 radical (unpaired) electrons. The predicted octanol–water partition coefficient (Wildman–Crippen LogP) is 3.13. The Balaban J connectivity index is 1.67. The van der Waals surface area contributed by atoms with Crippen molar-refractivity contribution >= 4 is 5.91 Å². The van der Waals surface area contributed by atoms with E-state index in [9.17, 15) is 14.3 Å². The summed E-state index contributed by atoms with van der Waals surface area (Å²) in [5, 5.41) is 17.3. The first-order valence-corrected chi connectivity index (χ1v) is 8.55. The maximum absolute atomic E-state index is 14.2. The molecule has 4 rings (SSSR count). The van der Waals surface area contributed by atoms with E-state index in [-0.39, 0.29) is 29.6 Å². The van der Waals surface area contributed by atoms with Crippen molar-refractivity contribution in [1.82, 2.24) is 15.1 Å². The number of rotatable bonds is 3. The van der Waals surface area contributed by atoms with Gasteiger partial charge in [-0.05, 0) is 30.3 Å². The van der Waals surface area contributed by atoms with Crippen LogP contribution in [0.1, 0.15) is 21.6 Å². The third-order valence-corrected chi connectivity index (χ3v) is 4.78. The second-order valence-corrected chi connectivity index (χ2v) is 6.37. The number of nitrogens with zero attached hydrogens (tertiary/aromatic N) is 2. The molecule has 0 unspecified atom stereocenters. The first-order chi connectivity index (χ1) is 13.1. The Labute approximate surface area is 155 Å². The number of carbonyl (C=O) groups excluding carboxylic acids is 1. The van der Waals surface area contributed by atoms with Crippen LogP contribution < -0.4 is 4.74 Å². The number of nitrogens with one attached hydrogen (secondary N) is 1. The number of amides is 1. The first kappa shape index (κ1) is 17.1. The van der Waals surface area contributed by atoms with Crippen molar-refractivity contribution in [2.45, 2.75) is 13.0 Å². The third-order valence-electron chi connectivity index (χ3n) is 4.78. The van der Waals surface area contributed by atoms with Gasteiger partial charge in [-0.15, -0.1) is 0 Å². The minimum Gasteiger partial charge on any atom is -0.507 e. The smallest absolute Gasteiger partial charge is 0.258 e. The molecule has 0 saturated carbocycles. The number of H-pyrrole nitrogens is 1. The summed E-state index contributed by atoms with van der Waals surface area (Å²) in [6.07, 6.45) is 0.577. The molecule has 2 N–H and O–H groups in total. The molecule has 1 aromatic heterocycles. The summed E-state index contributed by atoms with van der Waals surface area (Å²) in [5.74, 6) is -0.282. The lowest BCUT2D eigenvalue weighted by atomic mass is 10.00. The van der Waals surface area contributed by atoms with Crippen LogP contribution in [0.15, 0.2) is 42.5 Å². The van der Waals surface area contributed by atoms with Crippen molar-refractivity contribution in [2.75, 3.05) is 13.7 Å². The van der Waals surface area contributed by atoms with Crippen LogP contribution in [0.4, 0.5) is 4.39 Å². The number of hydrogen-bond acceptors (Lipinski definition) is 4. The Bertz CT molecular complexity index is 1020. The van der Waals surface area contributed by atoms with E-state index in [0.29, 0.717) is 30.0 Å². The third kappa shape index (κ3) is 3.01. The average molecular weight is 367 g/mol. The Kier molecular flexibility index (Phi) is 4.27. The Hall–Kier alpha value is -3.35. The van der Waals surface area contributed by atoms with Crippen molar-refractivity contribution in [3.63, 3.8) is 0 Å². The highest BCUT2D eigenvalue weighted by atomic mass is 19.1. The molecule has 27 heavy (non-hydrogen) atoms. The van der Waals surface area contributed by atoms with Gasteiger partial charge in [0.05, 0.1) is 12.7 Å². The van der Waals surface area contributed by atoms with Crippen molar-refractivity contribution in [3.8, 4) is 22.8 Å². The number of aromatic hydroxyl groups is 1. The summed E-state index contributed by atoms with van der Waals surface area (Å²) in [6, 6.07) is 11.0. The van der Waals surface area contributed by atoms with E-state index in [1.165, 1.54) is 25.3 Å². The summed E-state index contributed by atoms with van der Waals surface area (Å²) in [4.78, 5) is 14.6. The van der Waals surface area contributed by atoms with E-state index in [1.807, 2.05) is 0 Å². The normalized spacial score (nSPS) is 13.3. The minimum absolute atomic E-state index is 0.104. The van der Waals surface area contributed by atoms with Gasteiger partial charge >= 0.3 is 0 Å². The average Bonchev–Trinajstić information content (AvgIpc) is 3.11. The number of ether oxygens (including phenoxy) is 1. The SMILES string of the molecule is COc1ccc(O)c(C(=O)N2CCc3[nH]nc(-c4ccccc4F)c3C2)c1. The van der Waals surface area contributed by atoms with Crippen LogP contribution in [0.5, 0.6) is 11.5 Å². The number of methoxy groups -OCH3 is 1. The van der Waals surface area contributed by atoms with E-state index >= 15 is 0 Å². The van der Waals surface area contributed by atoms with Crippen LogP contribution in [-0.2, 0) is 13.0 Å². The van der Waals surface area contributed by atoms with Gasteiger partial charge in [-0.3, -0.25) is 9.89 Å². The zero-order valence-electron chi connectivity index (χ0n) is 14.7. The summed E-state index contributed by atoms with van der Waals surface area (Å²) >= 11 is 0. The fourth-order valence-electron chi connectivity index (χ4n) is 3.33. The molecular formula is C20H18FN3O3. The van der Waals surface area contributed by atoms with Crippen LogP contribution in [-0.4, -0.2) is 39.8 Å². The van der Waals surface area contributed by atoms with E-state index in [2.05, 4.69) is 10.2 Å². The van der Waals surface area contributed by atoms with Crippen molar-refractivity contribution in [3.05, 3.63) is 65.1 Å². The van der Waals surface area contributed by atoms with Crippen molar-refractivity contribution in [1.29, 1.82) is 0 Å². The van der Waals surface area contributed by atoms with Crippen LogP contribution in [0.3, 0.4) is 0 Å². The molecule has 6 nitrogen and oxygen atoms in total. The number of fused-ring (bicyclic) bond motifs is 1. The molecule has 0 saturated heterocycles. The van der Waals surface area contributed by atoms with Crippen LogP contribution in [0.2, 0.25) is 0 Å². The van der Waals surface area contributed by atoms with Crippen LogP contribution in [0, 0.1) is 5.82 Å². The highest BCUT2D eigenvalue weighted by Crippen LogP contribution is 2.32. The molecule has 2 aromatic carbocycles. The number of phenols is 1.